The molecular formula is C29H36O2. The minimum atomic E-state index is -0.00781. The summed E-state index contributed by atoms with van der Waals surface area (Å²) in [6.07, 6.45) is 0. The van der Waals surface area contributed by atoms with Crippen LogP contribution in [-0.4, -0.2) is 0 Å². The predicted octanol–water partition coefficient (Wildman–Crippen LogP) is 8.79. The maximum absolute atomic E-state index is 6.52. The lowest BCUT2D eigenvalue weighted by Gasteiger charge is -2.25. The Morgan fingerprint density at radius 3 is 1.52 bits per heavy atom. The Morgan fingerprint density at radius 1 is 0.548 bits per heavy atom. The monoisotopic (exact) mass is 416 g/mol. The molecule has 3 rings (SSSR count). The second-order valence-electron chi connectivity index (χ2n) is 10.5. The van der Waals surface area contributed by atoms with E-state index in [0.717, 1.165) is 39.7 Å². The van der Waals surface area contributed by atoms with Crippen molar-refractivity contribution in [2.75, 3.05) is 0 Å². The van der Waals surface area contributed by atoms with Crippen LogP contribution in [-0.2, 0) is 10.8 Å². The van der Waals surface area contributed by atoms with E-state index in [1.165, 1.54) is 11.1 Å². The molecule has 31 heavy (non-hydrogen) atoms. The summed E-state index contributed by atoms with van der Waals surface area (Å²) in [6.45, 7) is 19.6. The van der Waals surface area contributed by atoms with Gasteiger partial charge in [0.15, 0.2) is 0 Å². The highest BCUT2D eigenvalue weighted by molar-refractivity contribution is 5.52. The topological polar surface area (TPSA) is 18.5 Å². The number of benzene rings is 3. The number of para-hydroxylation sites is 2. The SMILES string of the molecule is Cc1ccc(Oc2c(C)cccc2C(C)(C)C)cc1Oc1c(C)cccc1C(C)(C)C. The molecule has 0 aliphatic rings. The molecular weight excluding hydrogens is 380 g/mol. The maximum atomic E-state index is 6.52. The van der Waals surface area contributed by atoms with Crippen LogP contribution in [0, 0.1) is 20.8 Å². The van der Waals surface area contributed by atoms with E-state index in [2.05, 4.69) is 105 Å². The number of hydrogen-bond donors (Lipinski definition) is 0. The van der Waals surface area contributed by atoms with Gasteiger partial charge in [-0.3, -0.25) is 0 Å². The lowest BCUT2D eigenvalue weighted by molar-refractivity contribution is 0.432. The molecule has 0 amide bonds. The summed E-state index contributed by atoms with van der Waals surface area (Å²) >= 11 is 0. The molecule has 0 saturated carbocycles. The average Bonchev–Trinajstić information content (AvgIpc) is 2.65. The molecule has 2 nitrogen and oxygen atoms in total. The lowest BCUT2D eigenvalue weighted by atomic mass is 9.85. The first-order valence-corrected chi connectivity index (χ1v) is 11.0. The van der Waals surface area contributed by atoms with E-state index in [1.807, 2.05) is 12.1 Å². The van der Waals surface area contributed by atoms with E-state index in [9.17, 15) is 0 Å². The zero-order valence-electron chi connectivity index (χ0n) is 20.5. The number of ether oxygens (including phenoxy) is 2. The average molecular weight is 417 g/mol. The molecule has 0 saturated heterocycles. The number of hydrogen-bond acceptors (Lipinski definition) is 2. The van der Waals surface area contributed by atoms with E-state index in [0.29, 0.717) is 0 Å². The van der Waals surface area contributed by atoms with Crippen molar-refractivity contribution in [2.24, 2.45) is 0 Å². The summed E-state index contributed by atoms with van der Waals surface area (Å²) in [6, 6.07) is 18.8. The van der Waals surface area contributed by atoms with Crippen molar-refractivity contribution in [3.63, 3.8) is 0 Å². The molecule has 0 bridgehead atoms. The predicted molar refractivity (Wildman–Crippen MR) is 131 cm³/mol. The molecule has 0 radical (unpaired) electrons. The van der Waals surface area contributed by atoms with Crippen LogP contribution in [0.3, 0.4) is 0 Å². The van der Waals surface area contributed by atoms with Gasteiger partial charge in [0, 0.05) is 17.2 Å². The van der Waals surface area contributed by atoms with Gasteiger partial charge in [-0.15, -0.1) is 0 Å². The first kappa shape index (κ1) is 22.9. The smallest absolute Gasteiger partial charge is 0.134 e. The van der Waals surface area contributed by atoms with Crippen molar-refractivity contribution in [3.05, 3.63) is 82.4 Å². The number of aryl methyl sites for hydroxylation is 3. The Bertz CT molecular complexity index is 1080. The summed E-state index contributed by atoms with van der Waals surface area (Å²) in [5.41, 5.74) is 5.73. The van der Waals surface area contributed by atoms with E-state index in [4.69, 9.17) is 9.47 Å². The third-order valence-electron chi connectivity index (χ3n) is 5.63. The summed E-state index contributed by atoms with van der Waals surface area (Å²) in [5.74, 6) is 3.46. The van der Waals surface area contributed by atoms with Crippen LogP contribution in [0.1, 0.15) is 69.4 Å². The van der Waals surface area contributed by atoms with Crippen LogP contribution < -0.4 is 9.47 Å². The second-order valence-corrected chi connectivity index (χ2v) is 10.5. The Hall–Kier alpha value is -2.74. The molecule has 0 N–H and O–H groups in total. The highest BCUT2D eigenvalue weighted by Crippen LogP contribution is 2.41. The maximum Gasteiger partial charge on any atom is 0.134 e. The minimum absolute atomic E-state index is 0.00581. The van der Waals surface area contributed by atoms with Crippen LogP contribution in [0.4, 0.5) is 0 Å². The molecule has 0 aliphatic heterocycles. The first-order valence-electron chi connectivity index (χ1n) is 11.0. The quantitative estimate of drug-likeness (QED) is 0.423. The highest BCUT2D eigenvalue weighted by Gasteiger charge is 2.23. The summed E-state index contributed by atoms with van der Waals surface area (Å²) < 4.78 is 13.0. The van der Waals surface area contributed by atoms with Crippen molar-refractivity contribution >= 4 is 0 Å². The first-order chi connectivity index (χ1) is 14.4. The second kappa shape index (κ2) is 8.42. The molecule has 164 valence electrons. The van der Waals surface area contributed by atoms with Crippen LogP contribution >= 0.6 is 0 Å². The van der Waals surface area contributed by atoms with Gasteiger partial charge in [0.2, 0.25) is 0 Å². The molecule has 0 aliphatic carbocycles. The largest absolute Gasteiger partial charge is 0.457 e. The summed E-state index contributed by atoms with van der Waals surface area (Å²) in [5, 5.41) is 0. The van der Waals surface area contributed by atoms with Gasteiger partial charge in [0.25, 0.3) is 0 Å². The normalized spacial score (nSPS) is 12.0. The Labute approximate surface area is 188 Å². The fraction of sp³-hybridized carbons (Fsp3) is 0.379. The molecule has 0 unspecified atom stereocenters. The Kier molecular flexibility index (Phi) is 6.23. The van der Waals surface area contributed by atoms with Gasteiger partial charge in [-0.25, -0.2) is 0 Å². The third-order valence-corrected chi connectivity index (χ3v) is 5.63. The van der Waals surface area contributed by atoms with Gasteiger partial charge in [-0.1, -0.05) is 84.0 Å². The zero-order valence-corrected chi connectivity index (χ0v) is 20.5. The van der Waals surface area contributed by atoms with Crippen molar-refractivity contribution in [1.82, 2.24) is 0 Å². The van der Waals surface area contributed by atoms with Gasteiger partial charge < -0.3 is 9.47 Å². The lowest BCUT2D eigenvalue weighted by Crippen LogP contribution is -2.13. The van der Waals surface area contributed by atoms with E-state index >= 15 is 0 Å². The van der Waals surface area contributed by atoms with Gasteiger partial charge in [0.1, 0.15) is 23.0 Å². The highest BCUT2D eigenvalue weighted by atomic mass is 16.5. The van der Waals surface area contributed by atoms with Gasteiger partial charge in [-0.05, 0) is 54.4 Å². The van der Waals surface area contributed by atoms with Gasteiger partial charge >= 0.3 is 0 Å². The van der Waals surface area contributed by atoms with Gasteiger partial charge in [0.05, 0.1) is 0 Å². The van der Waals surface area contributed by atoms with Crippen molar-refractivity contribution in [1.29, 1.82) is 0 Å². The van der Waals surface area contributed by atoms with Crippen LogP contribution in [0.5, 0.6) is 23.0 Å². The summed E-state index contributed by atoms with van der Waals surface area (Å²) in [4.78, 5) is 0. The van der Waals surface area contributed by atoms with Crippen LogP contribution in [0.15, 0.2) is 54.6 Å². The molecule has 0 atom stereocenters. The molecule has 3 aromatic rings. The summed E-state index contributed by atoms with van der Waals surface area (Å²) in [7, 11) is 0. The van der Waals surface area contributed by atoms with Crippen LogP contribution in [0.25, 0.3) is 0 Å². The Balaban J connectivity index is 2.01. The van der Waals surface area contributed by atoms with Crippen molar-refractivity contribution in [2.45, 2.75) is 73.1 Å². The van der Waals surface area contributed by atoms with E-state index < -0.39 is 0 Å². The van der Waals surface area contributed by atoms with Gasteiger partial charge in [-0.2, -0.15) is 0 Å². The fourth-order valence-corrected chi connectivity index (χ4v) is 3.74. The Morgan fingerprint density at radius 2 is 1.03 bits per heavy atom. The minimum Gasteiger partial charge on any atom is -0.457 e. The molecule has 0 fully saturated rings. The molecule has 0 spiro atoms. The molecule has 0 heterocycles. The third kappa shape index (κ3) is 5.12. The fourth-order valence-electron chi connectivity index (χ4n) is 3.74. The standard InChI is InChI=1S/C29H36O2/c1-19-16-17-22(30-26-20(2)12-10-14-23(26)28(4,5)6)18-25(19)31-27-21(3)13-11-15-24(27)29(7,8)9/h10-18H,1-9H3. The molecule has 2 heteroatoms. The van der Waals surface area contributed by atoms with Crippen LogP contribution in [0.2, 0.25) is 0 Å². The van der Waals surface area contributed by atoms with E-state index in [1.54, 1.807) is 0 Å². The number of rotatable bonds is 4. The molecule has 3 aromatic carbocycles. The zero-order chi connectivity index (χ0) is 23.0. The van der Waals surface area contributed by atoms with Crippen molar-refractivity contribution in [3.8, 4) is 23.0 Å². The van der Waals surface area contributed by atoms with Crippen molar-refractivity contribution < 1.29 is 9.47 Å². The molecule has 0 aromatic heterocycles. The van der Waals surface area contributed by atoms with E-state index in [-0.39, 0.29) is 10.8 Å².